The summed E-state index contributed by atoms with van der Waals surface area (Å²) in [4.78, 5) is 4.39. The van der Waals surface area contributed by atoms with E-state index in [1.807, 2.05) is 48.5 Å². The zero-order valence-electron chi connectivity index (χ0n) is 11.7. The number of hydrogen-bond acceptors (Lipinski definition) is 2. The number of fused-ring (bicyclic) bond motifs is 1. The van der Waals surface area contributed by atoms with Gasteiger partial charge in [0, 0.05) is 11.6 Å². The van der Waals surface area contributed by atoms with Crippen LogP contribution in [0.15, 0.2) is 54.7 Å². The van der Waals surface area contributed by atoms with Crippen molar-refractivity contribution in [2.75, 3.05) is 0 Å². The van der Waals surface area contributed by atoms with Crippen LogP contribution in [0.1, 0.15) is 28.5 Å². The van der Waals surface area contributed by atoms with E-state index in [1.54, 1.807) is 6.20 Å². The van der Waals surface area contributed by atoms with E-state index in [4.69, 9.17) is 0 Å². The second-order valence-corrected chi connectivity index (χ2v) is 5.16. The minimum atomic E-state index is -0.694. The summed E-state index contributed by atoms with van der Waals surface area (Å²) in [5.74, 6) is 0. The molecular formula is C18H17NO. The molecule has 0 saturated carbocycles. The van der Waals surface area contributed by atoms with Gasteiger partial charge in [0.15, 0.2) is 0 Å². The molecule has 3 rings (SSSR count). The van der Waals surface area contributed by atoms with Gasteiger partial charge in [-0.05, 0) is 42.0 Å². The Morgan fingerprint density at radius 3 is 2.55 bits per heavy atom. The molecule has 1 aromatic heterocycles. The van der Waals surface area contributed by atoms with E-state index in [0.29, 0.717) is 5.69 Å². The molecular weight excluding hydrogens is 246 g/mol. The zero-order valence-corrected chi connectivity index (χ0v) is 11.7. The summed E-state index contributed by atoms with van der Waals surface area (Å²) < 4.78 is 0. The van der Waals surface area contributed by atoms with Crippen molar-refractivity contribution >= 4 is 10.8 Å². The maximum Gasteiger partial charge on any atom is 0.122 e. The number of nitrogens with zero attached hydrogens (tertiary/aromatic N) is 1. The Balaban J connectivity index is 2.12. The molecule has 0 saturated heterocycles. The Kier molecular flexibility index (Phi) is 3.25. The quantitative estimate of drug-likeness (QED) is 0.760. The van der Waals surface area contributed by atoms with E-state index in [1.165, 1.54) is 11.1 Å². The molecule has 1 atom stereocenters. The first-order valence-corrected chi connectivity index (χ1v) is 6.75. The number of aryl methyl sites for hydroxylation is 2. The van der Waals surface area contributed by atoms with Crippen LogP contribution in [0.5, 0.6) is 0 Å². The molecule has 0 aliphatic rings. The maximum atomic E-state index is 10.6. The van der Waals surface area contributed by atoms with Crippen molar-refractivity contribution in [3.63, 3.8) is 0 Å². The molecule has 2 nitrogen and oxygen atoms in total. The van der Waals surface area contributed by atoms with E-state index in [-0.39, 0.29) is 0 Å². The third-order valence-electron chi connectivity index (χ3n) is 3.81. The highest BCUT2D eigenvalue weighted by Crippen LogP contribution is 2.27. The predicted octanol–water partition coefficient (Wildman–Crippen LogP) is 3.93. The van der Waals surface area contributed by atoms with Crippen LogP contribution in [0.25, 0.3) is 10.8 Å². The molecule has 1 heterocycles. The molecule has 0 spiro atoms. The lowest BCUT2D eigenvalue weighted by molar-refractivity contribution is 0.217. The molecule has 2 aromatic carbocycles. The minimum Gasteiger partial charge on any atom is -0.382 e. The second-order valence-electron chi connectivity index (χ2n) is 5.16. The molecule has 2 heteroatoms. The highest BCUT2D eigenvalue weighted by molar-refractivity contribution is 5.84. The van der Waals surface area contributed by atoms with E-state index in [0.717, 1.165) is 16.3 Å². The third kappa shape index (κ3) is 2.19. The smallest absolute Gasteiger partial charge is 0.122 e. The molecule has 0 bridgehead atoms. The number of benzene rings is 2. The van der Waals surface area contributed by atoms with Gasteiger partial charge in [-0.25, -0.2) is 0 Å². The fourth-order valence-corrected chi connectivity index (χ4v) is 2.45. The number of aromatic nitrogens is 1. The average Bonchev–Trinajstić information content (AvgIpc) is 2.49. The zero-order chi connectivity index (χ0) is 14.1. The van der Waals surface area contributed by atoms with Crippen LogP contribution in [0.2, 0.25) is 0 Å². The highest BCUT2D eigenvalue weighted by atomic mass is 16.3. The number of aliphatic hydroxyl groups excluding tert-OH is 1. The Hall–Kier alpha value is -2.19. The SMILES string of the molecule is Cc1ccc(C(O)c2nccc3ccccc23)cc1C. The molecule has 1 N–H and O–H groups in total. The summed E-state index contributed by atoms with van der Waals surface area (Å²) in [6.45, 7) is 4.13. The third-order valence-corrected chi connectivity index (χ3v) is 3.81. The van der Waals surface area contributed by atoms with Crippen LogP contribution in [0, 0.1) is 13.8 Å². The topological polar surface area (TPSA) is 33.1 Å². The van der Waals surface area contributed by atoms with Crippen molar-refractivity contribution in [2.45, 2.75) is 20.0 Å². The first kappa shape index (κ1) is 12.8. The van der Waals surface area contributed by atoms with E-state index < -0.39 is 6.10 Å². The standard InChI is InChI=1S/C18H17NO/c1-12-7-8-15(11-13(12)2)18(20)17-16-6-4-3-5-14(16)9-10-19-17/h3-11,18,20H,1-2H3. The summed E-state index contributed by atoms with van der Waals surface area (Å²) in [5, 5.41) is 12.7. The Morgan fingerprint density at radius 2 is 1.75 bits per heavy atom. The molecule has 3 aromatic rings. The van der Waals surface area contributed by atoms with Gasteiger partial charge in [-0.1, -0.05) is 42.5 Å². The summed E-state index contributed by atoms with van der Waals surface area (Å²) in [6.07, 6.45) is 1.06. The van der Waals surface area contributed by atoms with Gasteiger partial charge in [0.1, 0.15) is 6.10 Å². The average molecular weight is 263 g/mol. The van der Waals surface area contributed by atoms with E-state index in [2.05, 4.69) is 18.8 Å². The summed E-state index contributed by atoms with van der Waals surface area (Å²) in [7, 11) is 0. The molecule has 0 radical (unpaired) electrons. The van der Waals surface area contributed by atoms with Crippen molar-refractivity contribution in [3.05, 3.63) is 77.1 Å². The van der Waals surface area contributed by atoms with Crippen LogP contribution in [-0.4, -0.2) is 10.1 Å². The number of hydrogen-bond donors (Lipinski definition) is 1. The first-order chi connectivity index (χ1) is 9.66. The van der Waals surface area contributed by atoms with Gasteiger partial charge in [-0.3, -0.25) is 4.98 Å². The lowest BCUT2D eigenvalue weighted by atomic mass is 9.98. The van der Waals surface area contributed by atoms with Crippen LogP contribution in [-0.2, 0) is 0 Å². The predicted molar refractivity (Wildman–Crippen MR) is 81.7 cm³/mol. The summed E-state index contributed by atoms with van der Waals surface area (Å²) >= 11 is 0. The molecule has 0 aliphatic heterocycles. The fraction of sp³-hybridized carbons (Fsp3) is 0.167. The van der Waals surface area contributed by atoms with Crippen molar-refractivity contribution in [3.8, 4) is 0 Å². The van der Waals surface area contributed by atoms with Gasteiger partial charge in [-0.15, -0.1) is 0 Å². The van der Waals surface area contributed by atoms with Crippen LogP contribution in [0.4, 0.5) is 0 Å². The number of aliphatic hydroxyl groups is 1. The largest absolute Gasteiger partial charge is 0.382 e. The Bertz CT molecular complexity index is 759. The van der Waals surface area contributed by atoms with Gasteiger partial charge < -0.3 is 5.11 Å². The molecule has 0 aliphatic carbocycles. The molecule has 100 valence electrons. The summed E-state index contributed by atoms with van der Waals surface area (Å²) in [6, 6.07) is 16.0. The normalized spacial score (nSPS) is 12.6. The number of pyridine rings is 1. The van der Waals surface area contributed by atoms with Crippen molar-refractivity contribution in [1.82, 2.24) is 4.98 Å². The molecule has 1 unspecified atom stereocenters. The minimum absolute atomic E-state index is 0.694. The van der Waals surface area contributed by atoms with Crippen LogP contribution < -0.4 is 0 Å². The molecule has 0 fully saturated rings. The Morgan fingerprint density at radius 1 is 0.950 bits per heavy atom. The van der Waals surface area contributed by atoms with Gasteiger partial charge in [0.2, 0.25) is 0 Å². The van der Waals surface area contributed by atoms with Gasteiger partial charge in [0.25, 0.3) is 0 Å². The lowest BCUT2D eigenvalue weighted by Crippen LogP contribution is -2.03. The highest BCUT2D eigenvalue weighted by Gasteiger charge is 2.15. The fourth-order valence-electron chi connectivity index (χ4n) is 2.45. The second kappa shape index (κ2) is 5.06. The van der Waals surface area contributed by atoms with E-state index in [9.17, 15) is 5.11 Å². The van der Waals surface area contributed by atoms with Gasteiger partial charge in [0.05, 0.1) is 5.69 Å². The van der Waals surface area contributed by atoms with Gasteiger partial charge in [-0.2, -0.15) is 0 Å². The van der Waals surface area contributed by atoms with Crippen LogP contribution >= 0.6 is 0 Å². The lowest BCUT2D eigenvalue weighted by Gasteiger charge is -2.14. The molecule has 0 amide bonds. The molecule has 20 heavy (non-hydrogen) atoms. The van der Waals surface area contributed by atoms with Crippen molar-refractivity contribution in [1.29, 1.82) is 0 Å². The summed E-state index contributed by atoms with van der Waals surface area (Å²) in [5.41, 5.74) is 4.01. The number of rotatable bonds is 2. The van der Waals surface area contributed by atoms with Crippen molar-refractivity contribution in [2.24, 2.45) is 0 Å². The van der Waals surface area contributed by atoms with Gasteiger partial charge >= 0.3 is 0 Å². The first-order valence-electron chi connectivity index (χ1n) is 6.75. The van der Waals surface area contributed by atoms with E-state index >= 15 is 0 Å². The van der Waals surface area contributed by atoms with Crippen molar-refractivity contribution < 1.29 is 5.11 Å². The maximum absolute atomic E-state index is 10.6. The monoisotopic (exact) mass is 263 g/mol. The Labute approximate surface area is 118 Å². The van der Waals surface area contributed by atoms with Crippen LogP contribution in [0.3, 0.4) is 0 Å².